The SMILES string of the molecule is CCC[C@H](C)c1nnc(NC(=O)C2CCN(C(=O)[C@H]3CC(=O)N(c4ccc(C)cc4)C3)CC2)s1. The summed E-state index contributed by atoms with van der Waals surface area (Å²) in [5.41, 5.74) is 1.97. The zero-order valence-electron chi connectivity index (χ0n) is 20.1. The molecule has 3 heterocycles. The molecule has 0 aliphatic carbocycles. The Labute approximate surface area is 204 Å². The average Bonchev–Trinajstić information content (AvgIpc) is 3.46. The molecule has 34 heavy (non-hydrogen) atoms. The number of rotatable bonds is 7. The van der Waals surface area contributed by atoms with E-state index in [1.165, 1.54) is 11.3 Å². The Hall–Kier alpha value is -2.81. The fourth-order valence-electron chi connectivity index (χ4n) is 4.72. The zero-order chi connectivity index (χ0) is 24.2. The molecule has 2 aliphatic heterocycles. The number of nitrogens with zero attached hydrogens (tertiary/aromatic N) is 4. The Morgan fingerprint density at radius 3 is 2.53 bits per heavy atom. The molecule has 0 unspecified atom stereocenters. The number of aryl methyl sites for hydroxylation is 1. The smallest absolute Gasteiger partial charge is 0.229 e. The van der Waals surface area contributed by atoms with Crippen molar-refractivity contribution in [1.82, 2.24) is 15.1 Å². The van der Waals surface area contributed by atoms with Gasteiger partial charge in [-0.25, -0.2) is 0 Å². The van der Waals surface area contributed by atoms with E-state index in [2.05, 4.69) is 29.4 Å². The van der Waals surface area contributed by atoms with Crippen LogP contribution in [0.2, 0.25) is 0 Å². The number of aromatic nitrogens is 2. The maximum absolute atomic E-state index is 13.1. The molecular formula is C25H33N5O3S. The van der Waals surface area contributed by atoms with Gasteiger partial charge in [-0.15, -0.1) is 10.2 Å². The number of amides is 3. The summed E-state index contributed by atoms with van der Waals surface area (Å²) in [5, 5.41) is 12.8. The monoisotopic (exact) mass is 483 g/mol. The molecule has 1 aromatic heterocycles. The van der Waals surface area contributed by atoms with Crippen molar-refractivity contribution < 1.29 is 14.4 Å². The molecule has 0 radical (unpaired) electrons. The second kappa shape index (κ2) is 10.6. The van der Waals surface area contributed by atoms with Crippen molar-refractivity contribution in [2.45, 2.75) is 58.8 Å². The highest BCUT2D eigenvalue weighted by atomic mass is 32.1. The average molecular weight is 484 g/mol. The highest BCUT2D eigenvalue weighted by molar-refractivity contribution is 7.15. The molecule has 9 heteroatoms. The number of carbonyl (C=O) groups is 3. The molecule has 2 atom stereocenters. The van der Waals surface area contributed by atoms with Gasteiger partial charge in [0, 0.05) is 43.6 Å². The van der Waals surface area contributed by atoms with Gasteiger partial charge in [0.15, 0.2) is 0 Å². The van der Waals surface area contributed by atoms with Crippen LogP contribution >= 0.6 is 11.3 Å². The highest BCUT2D eigenvalue weighted by Gasteiger charge is 2.38. The summed E-state index contributed by atoms with van der Waals surface area (Å²) in [6, 6.07) is 7.80. The van der Waals surface area contributed by atoms with Gasteiger partial charge in [0.25, 0.3) is 0 Å². The summed E-state index contributed by atoms with van der Waals surface area (Å²) in [6.45, 7) is 7.74. The normalized spacial score (nSPS) is 20.0. The van der Waals surface area contributed by atoms with Gasteiger partial charge in [0.05, 0.1) is 5.92 Å². The Morgan fingerprint density at radius 2 is 1.85 bits per heavy atom. The van der Waals surface area contributed by atoms with Crippen molar-refractivity contribution in [2.75, 3.05) is 29.9 Å². The predicted octanol–water partition coefficient (Wildman–Crippen LogP) is 3.98. The summed E-state index contributed by atoms with van der Waals surface area (Å²) in [6.07, 6.45) is 3.59. The van der Waals surface area contributed by atoms with Crippen LogP contribution in [0, 0.1) is 18.8 Å². The molecule has 3 amide bonds. The zero-order valence-corrected chi connectivity index (χ0v) is 20.9. The quantitative estimate of drug-likeness (QED) is 0.643. The van der Waals surface area contributed by atoms with Gasteiger partial charge in [-0.3, -0.25) is 14.4 Å². The first kappa shape index (κ1) is 24.3. The number of likely N-dealkylation sites (tertiary alicyclic amines) is 1. The number of nitrogens with one attached hydrogen (secondary N) is 1. The minimum atomic E-state index is -0.330. The molecule has 0 saturated carbocycles. The molecule has 8 nitrogen and oxygen atoms in total. The minimum absolute atomic E-state index is 0.0128. The molecule has 2 aliphatic rings. The van der Waals surface area contributed by atoms with E-state index in [9.17, 15) is 14.4 Å². The fraction of sp³-hybridized carbons (Fsp3) is 0.560. The maximum atomic E-state index is 13.1. The van der Waals surface area contributed by atoms with Crippen LogP contribution in [0.1, 0.15) is 62.4 Å². The third-order valence-electron chi connectivity index (χ3n) is 6.81. The van der Waals surface area contributed by atoms with E-state index < -0.39 is 0 Å². The van der Waals surface area contributed by atoms with Crippen LogP contribution in [-0.2, 0) is 14.4 Å². The highest BCUT2D eigenvalue weighted by Crippen LogP contribution is 2.30. The second-order valence-electron chi connectivity index (χ2n) is 9.46. The predicted molar refractivity (Wildman–Crippen MR) is 133 cm³/mol. The van der Waals surface area contributed by atoms with E-state index in [-0.39, 0.29) is 36.0 Å². The van der Waals surface area contributed by atoms with Crippen molar-refractivity contribution in [3.63, 3.8) is 0 Å². The lowest BCUT2D eigenvalue weighted by atomic mass is 9.94. The molecule has 1 aromatic carbocycles. The number of hydrogen-bond acceptors (Lipinski definition) is 6. The summed E-state index contributed by atoms with van der Waals surface area (Å²) < 4.78 is 0. The number of anilines is 2. The molecule has 2 fully saturated rings. The van der Waals surface area contributed by atoms with E-state index >= 15 is 0 Å². The van der Waals surface area contributed by atoms with Gasteiger partial charge in [0.1, 0.15) is 5.01 Å². The summed E-state index contributed by atoms with van der Waals surface area (Å²) in [4.78, 5) is 41.9. The van der Waals surface area contributed by atoms with Crippen molar-refractivity contribution in [3.05, 3.63) is 34.8 Å². The second-order valence-corrected chi connectivity index (χ2v) is 10.5. The summed E-state index contributed by atoms with van der Waals surface area (Å²) in [5.74, 6) is -0.198. The van der Waals surface area contributed by atoms with Crippen molar-refractivity contribution >= 4 is 39.9 Å². The van der Waals surface area contributed by atoms with E-state index in [1.807, 2.05) is 36.1 Å². The fourth-order valence-corrected chi connectivity index (χ4v) is 5.55. The third-order valence-corrected chi connectivity index (χ3v) is 7.88. The van der Waals surface area contributed by atoms with Gasteiger partial charge in [-0.05, 0) is 38.3 Å². The lowest BCUT2D eigenvalue weighted by Gasteiger charge is -2.32. The standard InChI is InChI=1S/C25H33N5O3S/c1-4-5-17(3)23-27-28-25(34-23)26-22(32)18-10-12-29(13-11-18)24(33)19-14-21(31)30(15-19)20-8-6-16(2)7-9-20/h6-9,17-19H,4-5,10-15H2,1-3H3,(H,26,28,32)/t17-,19-/m0/s1. The van der Waals surface area contributed by atoms with Crippen LogP contribution in [0.15, 0.2) is 24.3 Å². The number of piperidine rings is 1. The summed E-state index contributed by atoms with van der Waals surface area (Å²) in [7, 11) is 0. The van der Waals surface area contributed by atoms with Gasteiger partial charge >= 0.3 is 0 Å². The first-order valence-corrected chi connectivity index (χ1v) is 13.0. The minimum Gasteiger partial charge on any atom is -0.342 e. The topological polar surface area (TPSA) is 95.5 Å². The molecule has 2 saturated heterocycles. The lowest BCUT2D eigenvalue weighted by Crippen LogP contribution is -2.44. The first-order valence-electron chi connectivity index (χ1n) is 12.2. The Balaban J connectivity index is 1.27. The van der Waals surface area contributed by atoms with Crippen LogP contribution in [0.5, 0.6) is 0 Å². The third kappa shape index (κ3) is 5.46. The molecule has 182 valence electrons. The number of hydrogen-bond donors (Lipinski definition) is 1. The Kier molecular flexibility index (Phi) is 7.60. The van der Waals surface area contributed by atoms with Gasteiger partial charge < -0.3 is 15.1 Å². The van der Waals surface area contributed by atoms with E-state index in [1.54, 1.807) is 4.90 Å². The molecule has 4 rings (SSSR count). The van der Waals surface area contributed by atoms with Crippen LogP contribution < -0.4 is 10.2 Å². The Morgan fingerprint density at radius 1 is 1.15 bits per heavy atom. The molecule has 0 spiro atoms. The molecular weight excluding hydrogens is 450 g/mol. The van der Waals surface area contributed by atoms with E-state index in [0.29, 0.717) is 43.5 Å². The van der Waals surface area contributed by atoms with Gasteiger partial charge in [-0.2, -0.15) is 0 Å². The van der Waals surface area contributed by atoms with Crippen LogP contribution in [0.4, 0.5) is 10.8 Å². The summed E-state index contributed by atoms with van der Waals surface area (Å²) >= 11 is 1.44. The first-order chi connectivity index (χ1) is 16.4. The van der Waals surface area contributed by atoms with E-state index in [4.69, 9.17) is 0 Å². The number of carbonyl (C=O) groups excluding carboxylic acids is 3. The largest absolute Gasteiger partial charge is 0.342 e. The molecule has 0 bridgehead atoms. The lowest BCUT2D eigenvalue weighted by molar-refractivity contribution is -0.138. The van der Waals surface area contributed by atoms with Crippen LogP contribution in [-0.4, -0.2) is 52.5 Å². The van der Waals surface area contributed by atoms with Crippen LogP contribution in [0.3, 0.4) is 0 Å². The molecule has 1 N–H and O–H groups in total. The van der Waals surface area contributed by atoms with Gasteiger partial charge in [-0.1, -0.05) is 49.3 Å². The number of benzene rings is 1. The van der Waals surface area contributed by atoms with Crippen molar-refractivity contribution in [2.24, 2.45) is 11.8 Å². The maximum Gasteiger partial charge on any atom is 0.229 e. The van der Waals surface area contributed by atoms with Crippen molar-refractivity contribution in [1.29, 1.82) is 0 Å². The van der Waals surface area contributed by atoms with E-state index in [0.717, 1.165) is 29.1 Å². The van der Waals surface area contributed by atoms with Gasteiger partial charge in [0.2, 0.25) is 22.9 Å². The van der Waals surface area contributed by atoms with Crippen LogP contribution in [0.25, 0.3) is 0 Å². The molecule has 2 aromatic rings. The Bertz CT molecular complexity index is 1030. The van der Waals surface area contributed by atoms with Crippen molar-refractivity contribution in [3.8, 4) is 0 Å².